The number of hydrogen-bond acceptors (Lipinski definition) is 2. The van der Waals surface area contributed by atoms with Crippen LogP contribution in [0.2, 0.25) is 5.02 Å². The second-order valence-corrected chi connectivity index (χ2v) is 5.84. The first-order chi connectivity index (χ1) is 11.7. The largest absolute Gasteiger partial charge is 0.573 e. The number of ether oxygens (including phenoxy) is 1. The van der Waals surface area contributed by atoms with Crippen LogP contribution in [0.25, 0.3) is 0 Å². The van der Waals surface area contributed by atoms with Gasteiger partial charge in [0.25, 0.3) is 5.91 Å². The molecule has 2 aromatic rings. The highest BCUT2D eigenvalue weighted by Gasteiger charge is 2.30. The van der Waals surface area contributed by atoms with E-state index in [0.29, 0.717) is 10.7 Å². The highest BCUT2D eigenvalue weighted by Crippen LogP contribution is 2.23. The van der Waals surface area contributed by atoms with Crippen LogP contribution >= 0.6 is 11.6 Å². The van der Waals surface area contributed by atoms with Gasteiger partial charge in [0.1, 0.15) is 11.8 Å². The monoisotopic (exact) mass is 373 g/mol. The minimum Gasteiger partial charge on any atom is -0.406 e. The molecule has 0 saturated carbocycles. The van der Waals surface area contributed by atoms with Gasteiger partial charge in [0.05, 0.1) is 0 Å². The number of halogens is 4. The maximum Gasteiger partial charge on any atom is 0.573 e. The van der Waals surface area contributed by atoms with E-state index in [4.69, 9.17) is 11.6 Å². The average molecular weight is 374 g/mol. The number of amides is 1. The second kappa shape index (κ2) is 8.22. The summed E-state index contributed by atoms with van der Waals surface area (Å²) < 4.78 is 40.0. The van der Waals surface area contributed by atoms with Crippen LogP contribution in [0.15, 0.2) is 48.5 Å². The van der Waals surface area contributed by atoms with Crippen molar-refractivity contribution in [3.63, 3.8) is 0 Å². The Balaban J connectivity index is 1.82. The summed E-state index contributed by atoms with van der Waals surface area (Å²) in [6.07, 6.45) is -4.74. The van der Waals surface area contributed by atoms with Crippen LogP contribution in [0.4, 0.5) is 18.9 Å². The fraction of sp³-hybridized carbons (Fsp3) is 0.235. The Morgan fingerprint density at radius 3 is 2.32 bits per heavy atom. The smallest absolute Gasteiger partial charge is 0.406 e. The molecule has 25 heavy (non-hydrogen) atoms. The van der Waals surface area contributed by atoms with Gasteiger partial charge >= 0.3 is 6.36 Å². The van der Waals surface area contributed by atoms with E-state index in [2.05, 4.69) is 10.1 Å². The summed E-state index contributed by atoms with van der Waals surface area (Å²) in [6, 6.07) is 12.4. The molecule has 0 saturated heterocycles. The van der Waals surface area contributed by atoms with Gasteiger partial charge in [-0.05, 0) is 43.3 Å². The van der Waals surface area contributed by atoms with E-state index in [1.54, 1.807) is 12.1 Å². The molecule has 2 aromatic carbocycles. The molecule has 134 valence electrons. The number of carbonyl (C=O) groups excluding carboxylic acids is 1. The molecule has 0 aliphatic carbocycles. The van der Waals surface area contributed by atoms with Crippen molar-refractivity contribution in [3.05, 3.63) is 59.1 Å². The van der Waals surface area contributed by atoms with E-state index in [0.717, 1.165) is 17.7 Å². The lowest BCUT2D eigenvalue weighted by molar-refractivity contribution is -0.682. The van der Waals surface area contributed by atoms with Crippen LogP contribution in [-0.2, 0) is 4.79 Å². The minimum absolute atomic E-state index is 0.0607. The molecule has 0 aliphatic rings. The number of nitrogens with two attached hydrogens (primary N) is 1. The number of alkyl halides is 3. The molecule has 0 spiro atoms. The van der Waals surface area contributed by atoms with Gasteiger partial charge in [-0.2, -0.15) is 0 Å². The third kappa shape index (κ3) is 6.64. The Hall–Kier alpha value is -2.25. The Morgan fingerprint density at radius 1 is 1.16 bits per heavy atom. The molecule has 4 nitrogen and oxygen atoms in total. The maximum absolute atomic E-state index is 12.1. The van der Waals surface area contributed by atoms with Crippen molar-refractivity contribution in [3.8, 4) is 5.75 Å². The number of nitrogens with one attached hydrogen (secondary N) is 1. The lowest BCUT2D eigenvalue weighted by Crippen LogP contribution is -2.86. The standard InChI is InChI=1S/C17H16ClF3N2O2/c1-11(12-2-4-13(18)5-3-12)22-10-16(24)23-14-6-8-15(9-7-14)25-17(19,20)21/h2-9,11,22H,10H2,1H3,(H,23,24)/p+1/t11-/m0/s1. The fourth-order valence-electron chi connectivity index (χ4n) is 2.14. The summed E-state index contributed by atoms with van der Waals surface area (Å²) >= 11 is 5.84. The molecule has 1 amide bonds. The number of anilines is 1. The zero-order valence-electron chi connectivity index (χ0n) is 13.3. The van der Waals surface area contributed by atoms with Gasteiger partial charge in [0, 0.05) is 16.3 Å². The molecule has 2 rings (SSSR count). The SMILES string of the molecule is C[C@H]([NH2+]CC(=O)Nc1ccc(OC(F)(F)F)cc1)c1ccc(Cl)cc1. The topological polar surface area (TPSA) is 54.9 Å². The van der Waals surface area contributed by atoms with Gasteiger partial charge in [-0.15, -0.1) is 13.2 Å². The minimum atomic E-state index is -4.74. The Kier molecular flexibility index (Phi) is 6.27. The van der Waals surface area contributed by atoms with Crippen molar-refractivity contribution in [2.75, 3.05) is 11.9 Å². The molecular formula is C17H17ClF3N2O2+. The summed E-state index contributed by atoms with van der Waals surface area (Å²) in [7, 11) is 0. The van der Waals surface area contributed by atoms with E-state index in [9.17, 15) is 18.0 Å². The average Bonchev–Trinajstić information content (AvgIpc) is 2.54. The summed E-state index contributed by atoms with van der Waals surface area (Å²) in [4.78, 5) is 11.9. The third-order valence-electron chi connectivity index (χ3n) is 3.42. The highest BCUT2D eigenvalue weighted by atomic mass is 35.5. The lowest BCUT2D eigenvalue weighted by Gasteiger charge is -2.12. The highest BCUT2D eigenvalue weighted by molar-refractivity contribution is 6.30. The van der Waals surface area contributed by atoms with Gasteiger partial charge in [0.2, 0.25) is 0 Å². The van der Waals surface area contributed by atoms with Crippen LogP contribution in [0.1, 0.15) is 18.5 Å². The van der Waals surface area contributed by atoms with Crippen LogP contribution in [0, 0.1) is 0 Å². The molecule has 0 fully saturated rings. The zero-order valence-corrected chi connectivity index (χ0v) is 14.1. The van der Waals surface area contributed by atoms with Crippen molar-refractivity contribution in [2.45, 2.75) is 19.3 Å². The first-order valence-electron chi connectivity index (χ1n) is 7.47. The van der Waals surface area contributed by atoms with Crippen molar-refractivity contribution in [2.24, 2.45) is 0 Å². The van der Waals surface area contributed by atoms with Crippen molar-refractivity contribution in [1.29, 1.82) is 0 Å². The number of hydrogen-bond donors (Lipinski definition) is 2. The van der Waals surface area contributed by atoms with Crippen LogP contribution in [0.3, 0.4) is 0 Å². The molecule has 0 aromatic heterocycles. The van der Waals surface area contributed by atoms with Gasteiger partial charge in [-0.3, -0.25) is 4.79 Å². The van der Waals surface area contributed by atoms with Gasteiger partial charge in [-0.1, -0.05) is 23.7 Å². The maximum atomic E-state index is 12.1. The second-order valence-electron chi connectivity index (χ2n) is 5.40. The lowest BCUT2D eigenvalue weighted by atomic mass is 10.1. The molecule has 8 heteroatoms. The van der Waals surface area contributed by atoms with E-state index in [1.165, 1.54) is 12.1 Å². The summed E-state index contributed by atoms with van der Waals surface area (Å²) in [5, 5.41) is 5.11. The van der Waals surface area contributed by atoms with Crippen LogP contribution in [0.5, 0.6) is 5.75 Å². The molecule has 0 aliphatic heterocycles. The summed E-state index contributed by atoms with van der Waals surface area (Å²) in [5.74, 6) is -0.598. The number of quaternary nitrogens is 1. The number of carbonyl (C=O) groups is 1. The van der Waals surface area contributed by atoms with Crippen molar-refractivity contribution < 1.29 is 28.0 Å². The zero-order chi connectivity index (χ0) is 18.4. The van der Waals surface area contributed by atoms with Gasteiger partial charge in [-0.25, -0.2) is 0 Å². The first kappa shape index (κ1) is 19.1. The van der Waals surface area contributed by atoms with E-state index < -0.39 is 6.36 Å². The molecule has 3 N–H and O–H groups in total. The third-order valence-corrected chi connectivity index (χ3v) is 3.68. The molecule has 1 atom stereocenters. The van der Waals surface area contributed by atoms with Gasteiger partial charge in [0.15, 0.2) is 6.54 Å². The predicted molar refractivity (Wildman–Crippen MR) is 88.4 cm³/mol. The Bertz CT molecular complexity index is 703. The van der Waals surface area contributed by atoms with E-state index >= 15 is 0 Å². The fourth-order valence-corrected chi connectivity index (χ4v) is 2.26. The quantitative estimate of drug-likeness (QED) is 0.814. The molecule has 0 heterocycles. The summed E-state index contributed by atoms with van der Waals surface area (Å²) in [5.41, 5.74) is 1.43. The molecule has 0 bridgehead atoms. The Morgan fingerprint density at radius 2 is 1.76 bits per heavy atom. The van der Waals surface area contributed by atoms with E-state index in [1.807, 2.05) is 24.4 Å². The van der Waals surface area contributed by atoms with Crippen LogP contribution in [-0.4, -0.2) is 18.8 Å². The summed E-state index contributed by atoms with van der Waals surface area (Å²) in [6.45, 7) is 2.13. The van der Waals surface area contributed by atoms with Gasteiger partial charge < -0.3 is 15.4 Å². The number of benzene rings is 2. The number of rotatable bonds is 6. The molecular weight excluding hydrogens is 357 g/mol. The van der Waals surface area contributed by atoms with Crippen molar-refractivity contribution >= 4 is 23.2 Å². The molecule has 0 unspecified atom stereocenters. The normalized spacial score (nSPS) is 12.5. The molecule has 0 radical (unpaired) electrons. The van der Waals surface area contributed by atoms with Crippen LogP contribution < -0.4 is 15.4 Å². The Labute approximate surface area is 147 Å². The van der Waals surface area contributed by atoms with Crippen molar-refractivity contribution in [1.82, 2.24) is 0 Å². The predicted octanol–water partition coefficient (Wildman–Crippen LogP) is 3.50. The van der Waals surface area contributed by atoms with E-state index in [-0.39, 0.29) is 24.2 Å². The first-order valence-corrected chi connectivity index (χ1v) is 7.85.